The van der Waals surface area contributed by atoms with E-state index in [0.29, 0.717) is 11.4 Å². The summed E-state index contributed by atoms with van der Waals surface area (Å²) in [7, 11) is 2.01. The summed E-state index contributed by atoms with van der Waals surface area (Å²) in [4.78, 5) is 24.6. The number of carbonyl (C=O) groups excluding carboxylic acids is 2. The summed E-state index contributed by atoms with van der Waals surface area (Å²) in [6.45, 7) is 1.89. The molecule has 3 aromatic rings. The molecule has 0 saturated heterocycles. The van der Waals surface area contributed by atoms with Crippen LogP contribution in [0.3, 0.4) is 0 Å². The fourth-order valence-electron chi connectivity index (χ4n) is 4.58. The van der Waals surface area contributed by atoms with E-state index in [9.17, 15) is 9.59 Å². The second-order valence-electron chi connectivity index (χ2n) is 8.99. The van der Waals surface area contributed by atoms with Crippen molar-refractivity contribution in [3.8, 4) is 0 Å². The predicted molar refractivity (Wildman–Crippen MR) is 137 cm³/mol. The third-order valence-electron chi connectivity index (χ3n) is 6.16. The van der Waals surface area contributed by atoms with Gasteiger partial charge in [0.2, 0.25) is 5.91 Å². The highest BCUT2D eigenvalue weighted by Gasteiger charge is 2.23. The Balaban J connectivity index is 1.68. The zero-order valence-electron chi connectivity index (χ0n) is 19.4. The summed E-state index contributed by atoms with van der Waals surface area (Å²) in [6, 6.07) is 13.7. The van der Waals surface area contributed by atoms with Gasteiger partial charge in [-0.05, 0) is 67.5 Å². The standard InChI is InChI=1S/C27H32Cl2N2O2/c1-18(15-26(30)33)14-25(32)27-22-17-21(29)12-13-23(22)31(2)24(27)11-6-4-3-5-8-19-9-7-10-20(28)16-19/h7,9-10,12-13,16-18H,3-6,8,11,14-15H2,1-2H3,(H2,30,33)/t18-/m0/s1. The molecule has 2 aromatic carbocycles. The minimum absolute atomic E-state index is 0.0487. The fourth-order valence-corrected chi connectivity index (χ4v) is 4.96. The number of hydrogen-bond acceptors (Lipinski definition) is 2. The fraction of sp³-hybridized carbons (Fsp3) is 0.407. The van der Waals surface area contributed by atoms with Crippen LogP contribution in [0, 0.1) is 5.92 Å². The molecule has 0 fully saturated rings. The SMILES string of the molecule is C[C@H](CC(N)=O)CC(=O)c1c(CCCCCCc2cccc(Cl)c2)n(C)c2ccc(Cl)cc12. The lowest BCUT2D eigenvalue weighted by molar-refractivity contribution is -0.118. The van der Waals surface area contributed by atoms with E-state index in [2.05, 4.69) is 10.6 Å². The van der Waals surface area contributed by atoms with Crippen LogP contribution in [0.15, 0.2) is 42.5 Å². The molecule has 0 bridgehead atoms. The van der Waals surface area contributed by atoms with E-state index in [1.165, 1.54) is 5.56 Å². The van der Waals surface area contributed by atoms with Gasteiger partial charge in [0.25, 0.3) is 0 Å². The summed E-state index contributed by atoms with van der Waals surface area (Å²) >= 11 is 12.3. The van der Waals surface area contributed by atoms with Gasteiger partial charge in [-0.1, -0.05) is 55.1 Å². The first kappa shape index (κ1) is 25.3. The number of ketones is 1. The molecule has 33 heavy (non-hydrogen) atoms. The third kappa shape index (κ3) is 6.84. The minimum Gasteiger partial charge on any atom is -0.370 e. The van der Waals surface area contributed by atoms with Gasteiger partial charge in [-0.25, -0.2) is 0 Å². The number of fused-ring (bicyclic) bond motifs is 1. The van der Waals surface area contributed by atoms with Crippen molar-refractivity contribution < 1.29 is 9.59 Å². The van der Waals surface area contributed by atoms with Crippen LogP contribution in [0.4, 0.5) is 0 Å². The van der Waals surface area contributed by atoms with Gasteiger partial charge in [-0.2, -0.15) is 0 Å². The van der Waals surface area contributed by atoms with Gasteiger partial charge < -0.3 is 10.3 Å². The highest BCUT2D eigenvalue weighted by molar-refractivity contribution is 6.31. The number of hydrogen-bond donors (Lipinski definition) is 1. The number of aryl methyl sites for hydroxylation is 2. The minimum atomic E-state index is -0.380. The van der Waals surface area contributed by atoms with Crippen molar-refractivity contribution in [3.63, 3.8) is 0 Å². The zero-order chi connectivity index (χ0) is 24.0. The van der Waals surface area contributed by atoms with Crippen LogP contribution in [0.1, 0.15) is 67.1 Å². The smallest absolute Gasteiger partial charge is 0.217 e. The Hall–Kier alpha value is -2.30. The molecule has 1 aromatic heterocycles. The Bertz CT molecular complexity index is 1140. The molecule has 0 saturated carbocycles. The van der Waals surface area contributed by atoms with E-state index in [1.54, 1.807) is 0 Å². The number of aromatic nitrogens is 1. The van der Waals surface area contributed by atoms with Crippen LogP contribution in [0.5, 0.6) is 0 Å². The summed E-state index contributed by atoms with van der Waals surface area (Å²) in [6.07, 6.45) is 6.68. The highest BCUT2D eigenvalue weighted by Crippen LogP contribution is 2.31. The van der Waals surface area contributed by atoms with E-state index in [-0.39, 0.29) is 24.0 Å². The van der Waals surface area contributed by atoms with Crippen LogP contribution >= 0.6 is 23.2 Å². The van der Waals surface area contributed by atoms with Gasteiger partial charge >= 0.3 is 0 Å². The van der Waals surface area contributed by atoms with Crippen molar-refractivity contribution in [3.05, 3.63) is 69.3 Å². The van der Waals surface area contributed by atoms with Crippen molar-refractivity contribution in [1.82, 2.24) is 4.57 Å². The lowest BCUT2D eigenvalue weighted by Gasteiger charge is -2.11. The van der Waals surface area contributed by atoms with E-state index in [1.807, 2.05) is 50.4 Å². The zero-order valence-corrected chi connectivity index (χ0v) is 20.9. The second-order valence-corrected chi connectivity index (χ2v) is 9.86. The molecule has 2 N–H and O–H groups in total. The molecule has 1 amide bonds. The molecule has 176 valence electrons. The lowest BCUT2D eigenvalue weighted by atomic mass is 9.94. The Kier molecular flexibility index (Phi) is 8.99. The van der Waals surface area contributed by atoms with Crippen molar-refractivity contribution in [1.29, 1.82) is 0 Å². The maximum atomic E-state index is 13.3. The van der Waals surface area contributed by atoms with Crippen molar-refractivity contribution in [2.45, 2.75) is 58.3 Å². The van der Waals surface area contributed by atoms with E-state index in [4.69, 9.17) is 28.9 Å². The monoisotopic (exact) mass is 486 g/mol. The average Bonchev–Trinajstić information content (AvgIpc) is 3.01. The molecule has 0 spiro atoms. The molecule has 0 unspecified atom stereocenters. The van der Waals surface area contributed by atoms with Crippen LogP contribution in [0.25, 0.3) is 10.9 Å². The molecule has 0 aliphatic carbocycles. The number of Topliss-reactive ketones (excluding diaryl/α,β-unsaturated/α-hetero) is 1. The van der Waals surface area contributed by atoms with E-state index in [0.717, 1.165) is 65.7 Å². The van der Waals surface area contributed by atoms with Crippen LogP contribution in [-0.2, 0) is 24.7 Å². The van der Waals surface area contributed by atoms with Gasteiger partial charge in [0.1, 0.15) is 0 Å². The molecule has 1 heterocycles. The molecule has 0 radical (unpaired) electrons. The van der Waals surface area contributed by atoms with Crippen molar-refractivity contribution >= 4 is 45.8 Å². The number of primary amides is 1. The summed E-state index contributed by atoms with van der Waals surface area (Å²) < 4.78 is 2.11. The molecule has 0 aliphatic heterocycles. The number of nitrogens with two attached hydrogens (primary N) is 1. The maximum absolute atomic E-state index is 13.3. The lowest BCUT2D eigenvalue weighted by Crippen LogP contribution is -2.17. The van der Waals surface area contributed by atoms with Gasteiger partial charge in [-0.15, -0.1) is 0 Å². The molecule has 1 atom stereocenters. The van der Waals surface area contributed by atoms with Crippen molar-refractivity contribution in [2.24, 2.45) is 18.7 Å². The van der Waals surface area contributed by atoms with Gasteiger partial charge in [0.15, 0.2) is 5.78 Å². The van der Waals surface area contributed by atoms with Crippen molar-refractivity contribution in [2.75, 3.05) is 0 Å². The summed E-state index contributed by atoms with van der Waals surface area (Å²) in [5.41, 5.74) is 9.38. The summed E-state index contributed by atoms with van der Waals surface area (Å²) in [5.74, 6) is -0.425. The topological polar surface area (TPSA) is 65.1 Å². The van der Waals surface area contributed by atoms with E-state index < -0.39 is 0 Å². The number of nitrogens with zero attached hydrogens (tertiary/aromatic N) is 1. The largest absolute Gasteiger partial charge is 0.370 e. The van der Waals surface area contributed by atoms with Gasteiger partial charge in [0.05, 0.1) is 0 Å². The highest BCUT2D eigenvalue weighted by atomic mass is 35.5. The summed E-state index contributed by atoms with van der Waals surface area (Å²) in [5, 5.41) is 2.28. The number of rotatable bonds is 12. The quantitative estimate of drug-likeness (QED) is 0.223. The second kappa shape index (κ2) is 11.7. The van der Waals surface area contributed by atoms with Crippen LogP contribution < -0.4 is 5.73 Å². The predicted octanol–water partition coefficient (Wildman–Crippen LogP) is 6.92. The Morgan fingerprint density at radius 3 is 2.33 bits per heavy atom. The first-order valence-corrected chi connectivity index (χ1v) is 12.3. The van der Waals surface area contributed by atoms with Gasteiger partial charge in [0, 0.05) is 52.1 Å². The number of unbranched alkanes of at least 4 members (excludes halogenated alkanes) is 3. The normalized spacial score (nSPS) is 12.2. The van der Waals surface area contributed by atoms with Gasteiger partial charge in [-0.3, -0.25) is 9.59 Å². The number of benzene rings is 2. The number of amides is 1. The van der Waals surface area contributed by atoms with Crippen LogP contribution in [0.2, 0.25) is 10.0 Å². The molecular weight excluding hydrogens is 455 g/mol. The molecule has 6 heteroatoms. The first-order chi connectivity index (χ1) is 15.8. The Morgan fingerprint density at radius 1 is 0.939 bits per heavy atom. The van der Waals surface area contributed by atoms with E-state index >= 15 is 0 Å². The molecule has 3 rings (SSSR count). The average molecular weight is 487 g/mol. The molecular formula is C27H32Cl2N2O2. The van der Waals surface area contributed by atoms with Crippen LogP contribution in [-0.4, -0.2) is 16.3 Å². The maximum Gasteiger partial charge on any atom is 0.217 e. The third-order valence-corrected chi connectivity index (χ3v) is 6.63. The number of carbonyl (C=O) groups is 2. The number of halogens is 2. The molecule has 4 nitrogen and oxygen atoms in total. The first-order valence-electron chi connectivity index (χ1n) is 11.6. The Morgan fingerprint density at radius 2 is 1.64 bits per heavy atom. The Labute approximate surface area is 206 Å². The molecule has 0 aliphatic rings.